The number of ketones is 1. The molecule has 2 aliphatic rings. The number of piperidine rings is 2. The summed E-state index contributed by atoms with van der Waals surface area (Å²) < 4.78 is 36.0. The predicted molar refractivity (Wildman–Crippen MR) is 300 cm³/mol. The van der Waals surface area contributed by atoms with Gasteiger partial charge in [0.2, 0.25) is 27.6 Å². The van der Waals surface area contributed by atoms with Gasteiger partial charge in [-0.15, -0.1) is 0 Å². The first-order valence-corrected chi connectivity index (χ1v) is 29.1. The van der Waals surface area contributed by atoms with Gasteiger partial charge in [-0.2, -0.15) is 4.31 Å². The van der Waals surface area contributed by atoms with Crippen molar-refractivity contribution in [3.63, 3.8) is 0 Å². The van der Waals surface area contributed by atoms with Crippen LogP contribution < -0.4 is 15.4 Å². The van der Waals surface area contributed by atoms with Gasteiger partial charge in [-0.1, -0.05) is 128 Å². The third kappa shape index (κ3) is 16.1. The maximum Gasteiger partial charge on any atom is 0.295 e. The summed E-state index contributed by atoms with van der Waals surface area (Å²) in [5, 5.41) is 6.59. The smallest absolute Gasteiger partial charge is 0.295 e. The van der Waals surface area contributed by atoms with E-state index < -0.39 is 33.8 Å². The molecule has 2 atom stereocenters. The predicted octanol–water partition coefficient (Wildman–Crippen LogP) is 11.6. The first kappa shape index (κ1) is 55.3. The fraction of sp³-hybridized carbons (Fsp3) is 0.375. The molecule has 2 fully saturated rings. The Kier molecular flexibility index (Phi) is 20.6. The molecule has 398 valence electrons. The molecule has 76 heavy (non-hydrogen) atoms. The maximum absolute atomic E-state index is 14.3. The van der Waals surface area contributed by atoms with Crippen molar-refractivity contribution in [2.45, 2.75) is 145 Å². The van der Waals surface area contributed by atoms with Gasteiger partial charge in [-0.25, -0.2) is 8.42 Å². The van der Waals surface area contributed by atoms with Crippen molar-refractivity contribution >= 4 is 33.5 Å². The van der Waals surface area contributed by atoms with Crippen LogP contribution in [-0.2, 0) is 50.1 Å². The van der Waals surface area contributed by atoms with E-state index in [-0.39, 0.29) is 40.9 Å². The molecule has 3 amide bonds. The summed E-state index contributed by atoms with van der Waals surface area (Å²) in [6.45, 7) is 0.565. The fourth-order valence-corrected chi connectivity index (χ4v) is 12.4. The largest absolute Gasteiger partial charge is 0.457 e. The average Bonchev–Trinajstić information content (AvgIpc) is 3.47. The van der Waals surface area contributed by atoms with Crippen LogP contribution in [0.4, 0.5) is 0 Å². The normalized spacial score (nSPS) is 16.1. The number of likely N-dealkylation sites (tertiary alicyclic amines) is 1. The SMILES string of the molecule is O=C(C(=O)N1CCCC[C@H]1C(=O)NC(CCCc1ccccc1)CCCc1ccccc1)c1ccc(Oc2ccc(S(=O)(=O)N3CCCC[C@H]3C(=O)NC(CCCc3ccccc3)CCCc3ccccc3)cc2)cc1. The minimum absolute atomic E-state index is 0.0626. The van der Waals surface area contributed by atoms with E-state index in [1.807, 2.05) is 72.8 Å². The molecule has 0 bridgehead atoms. The molecule has 0 unspecified atom stereocenters. The molecule has 2 saturated heterocycles. The first-order valence-electron chi connectivity index (χ1n) is 27.6. The molecule has 2 aliphatic heterocycles. The highest BCUT2D eigenvalue weighted by atomic mass is 32.2. The molecule has 2 heterocycles. The summed E-state index contributed by atoms with van der Waals surface area (Å²) in [6.07, 6.45) is 14.3. The molecule has 0 aromatic heterocycles. The van der Waals surface area contributed by atoms with Gasteiger partial charge >= 0.3 is 0 Å². The lowest BCUT2D eigenvalue weighted by Crippen LogP contribution is -2.55. The summed E-state index contributed by atoms with van der Waals surface area (Å²) in [6, 6.07) is 51.9. The standard InChI is InChI=1S/C64H74N4O7S/c69-61(64(72)67-47-15-13-37-59(67)62(70)65-54(33-17-29-49-21-5-1-6-22-49)34-18-30-50-23-7-2-8-24-50)53-39-41-56(42-40-53)75-57-43-45-58(46-44-57)76(73,74)68-48-16-14-38-60(68)63(71)66-55(35-19-31-51-25-9-3-10-26-51)36-20-32-52-27-11-4-12-28-52/h1-12,21-28,39-46,54-55,59-60H,13-20,29-38,47-48H2,(H,65,70)(H,66,71)/t59-,60-/m0/s1. The Morgan fingerprint density at radius 2 is 0.855 bits per heavy atom. The Morgan fingerprint density at radius 3 is 1.29 bits per heavy atom. The van der Waals surface area contributed by atoms with E-state index in [1.54, 1.807) is 24.3 Å². The van der Waals surface area contributed by atoms with Crippen LogP contribution in [-0.4, -0.2) is 78.4 Å². The van der Waals surface area contributed by atoms with Gasteiger partial charge < -0.3 is 20.3 Å². The van der Waals surface area contributed by atoms with Crippen LogP contribution in [0.5, 0.6) is 11.5 Å². The highest BCUT2D eigenvalue weighted by Crippen LogP contribution is 2.30. The van der Waals surface area contributed by atoms with E-state index in [2.05, 4.69) is 59.2 Å². The Hall–Kier alpha value is -6.89. The number of Topliss-reactive ketones (excluding diaryl/α,β-unsaturated/α-hetero) is 1. The molecule has 0 aliphatic carbocycles. The van der Waals surface area contributed by atoms with E-state index in [1.165, 1.54) is 55.7 Å². The summed E-state index contributed by atoms with van der Waals surface area (Å²) in [5.74, 6) is -1.12. The number of rotatable bonds is 26. The number of hydrogen-bond donors (Lipinski definition) is 2. The number of nitrogens with one attached hydrogen (secondary N) is 2. The highest BCUT2D eigenvalue weighted by Gasteiger charge is 2.39. The fourth-order valence-electron chi connectivity index (χ4n) is 10.7. The third-order valence-electron chi connectivity index (χ3n) is 14.9. The quantitative estimate of drug-likeness (QED) is 0.0407. The third-order valence-corrected chi connectivity index (χ3v) is 16.9. The van der Waals surface area contributed by atoms with Crippen molar-refractivity contribution in [1.82, 2.24) is 19.8 Å². The maximum atomic E-state index is 14.3. The Labute approximate surface area is 450 Å². The van der Waals surface area contributed by atoms with Gasteiger partial charge in [0.1, 0.15) is 23.6 Å². The van der Waals surface area contributed by atoms with Crippen molar-refractivity contribution < 1.29 is 32.3 Å². The molecular weight excluding hydrogens is 969 g/mol. The lowest BCUT2D eigenvalue weighted by Gasteiger charge is -2.35. The number of sulfonamides is 1. The summed E-state index contributed by atoms with van der Waals surface area (Å²) >= 11 is 0. The molecule has 6 aromatic rings. The van der Waals surface area contributed by atoms with Gasteiger partial charge in [0.05, 0.1) is 4.90 Å². The highest BCUT2D eigenvalue weighted by molar-refractivity contribution is 7.89. The van der Waals surface area contributed by atoms with E-state index >= 15 is 0 Å². The number of hydrogen-bond acceptors (Lipinski definition) is 7. The van der Waals surface area contributed by atoms with Gasteiger partial charge in [-0.05, 0) is 180 Å². The number of carbonyl (C=O) groups is 4. The second kappa shape index (κ2) is 28.3. The van der Waals surface area contributed by atoms with Gasteiger partial charge in [0, 0.05) is 30.7 Å². The van der Waals surface area contributed by atoms with Crippen LogP contribution >= 0.6 is 0 Å². The van der Waals surface area contributed by atoms with E-state index in [0.717, 1.165) is 89.9 Å². The number of amides is 3. The Bertz CT molecular complexity index is 2780. The van der Waals surface area contributed by atoms with Crippen LogP contribution in [0.15, 0.2) is 175 Å². The Morgan fingerprint density at radius 1 is 0.474 bits per heavy atom. The minimum atomic E-state index is -4.04. The number of nitrogens with zero attached hydrogens (tertiary/aromatic N) is 2. The lowest BCUT2D eigenvalue weighted by molar-refractivity contribution is -0.139. The zero-order valence-corrected chi connectivity index (χ0v) is 44.6. The minimum Gasteiger partial charge on any atom is -0.457 e. The molecule has 6 aromatic carbocycles. The van der Waals surface area contributed by atoms with Crippen molar-refractivity contribution in [2.24, 2.45) is 0 Å². The topological polar surface area (TPSA) is 142 Å². The van der Waals surface area contributed by atoms with Crippen molar-refractivity contribution in [1.29, 1.82) is 0 Å². The molecular formula is C64H74N4O7S. The average molecular weight is 1040 g/mol. The van der Waals surface area contributed by atoms with Crippen molar-refractivity contribution in [3.05, 3.63) is 198 Å². The van der Waals surface area contributed by atoms with E-state index in [9.17, 15) is 27.6 Å². The van der Waals surface area contributed by atoms with Gasteiger partial charge in [0.15, 0.2) is 0 Å². The van der Waals surface area contributed by atoms with Crippen LogP contribution in [0.3, 0.4) is 0 Å². The van der Waals surface area contributed by atoms with E-state index in [0.29, 0.717) is 43.7 Å². The van der Waals surface area contributed by atoms with Gasteiger partial charge in [0.25, 0.3) is 5.91 Å². The molecule has 0 radical (unpaired) electrons. The van der Waals surface area contributed by atoms with Gasteiger partial charge in [-0.3, -0.25) is 19.2 Å². The van der Waals surface area contributed by atoms with Crippen LogP contribution in [0.25, 0.3) is 0 Å². The molecule has 8 rings (SSSR count). The summed E-state index contributed by atoms with van der Waals surface area (Å²) in [7, 11) is -4.04. The monoisotopic (exact) mass is 1040 g/mol. The molecule has 12 heteroatoms. The zero-order chi connectivity index (χ0) is 53.0. The summed E-state index contributed by atoms with van der Waals surface area (Å²) in [4.78, 5) is 57.4. The van der Waals surface area contributed by atoms with Crippen molar-refractivity contribution in [3.8, 4) is 11.5 Å². The second-order valence-corrected chi connectivity index (χ2v) is 22.4. The summed E-state index contributed by atoms with van der Waals surface area (Å²) in [5.41, 5.74) is 5.19. The van der Waals surface area contributed by atoms with Crippen LogP contribution in [0.2, 0.25) is 0 Å². The molecule has 2 N–H and O–H groups in total. The molecule has 0 spiro atoms. The Balaban J connectivity index is 0.854. The van der Waals surface area contributed by atoms with Crippen LogP contribution in [0.1, 0.15) is 123 Å². The molecule has 11 nitrogen and oxygen atoms in total. The van der Waals surface area contributed by atoms with Crippen molar-refractivity contribution in [2.75, 3.05) is 13.1 Å². The number of aryl methyl sites for hydroxylation is 4. The van der Waals surface area contributed by atoms with Crippen LogP contribution in [0, 0.1) is 0 Å². The van der Waals surface area contributed by atoms with E-state index in [4.69, 9.17) is 4.74 Å². The second-order valence-electron chi connectivity index (χ2n) is 20.5. The molecule has 0 saturated carbocycles. The number of benzene rings is 6. The zero-order valence-electron chi connectivity index (χ0n) is 43.8. The number of ether oxygens (including phenoxy) is 1. The number of carbonyl (C=O) groups excluding carboxylic acids is 4. The first-order chi connectivity index (χ1) is 37.1. The lowest BCUT2D eigenvalue weighted by atomic mass is 9.96.